The Balaban J connectivity index is 4.89. The Labute approximate surface area is 182 Å². The van der Waals surface area contributed by atoms with E-state index in [1.165, 1.54) is 6.42 Å². The van der Waals surface area contributed by atoms with E-state index < -0.39 is 30.1 Å². The number of amides is 2. The number of esters is 1. The molecule has 0 aromatic heterocycles. The number of rotatable bonds is 15. The van der Waals surface area contributed by atoms with E-state index in [1.807, 2.05) is 27.7 Å². The molecule has 0 aliphatic rings. The molecule has 7 heteroatoms. The van der Waals surface area contributed by atoms with Gasteiger partial charge in [-0.2, -0.15) is 0 Å². The van der Waals surface area contributed by atoms with Crippen molar-refractivity contribution in [2.45, 2.75) is 91.6 Å². The molecular formula is C23H40N2O5. The molecule has 0 saturated heterocycles. The molecule has 0 aliphatic carbocycles. The minimum atomic E-state index is -0.827. The molecule has 0 rings (SSSR count). The van der Waals surface area contributed by atoms with Crippen molar-refractivity contribution in [2.75, 3.05) is 13.2 Å². The molecule has 7 nitrogen and oxygen atoms in total. The zero-order valence-corrected chi connectivity index (χ0v) is 19.3. The number of nitrogens with one attached hydrogen (secondary N) is 2. The Morgan fingerprint density at radius 3 is 2.03 bits per heavy atom. The molecule has 0 radical (unpaired) electrons. The smallest absolute Gasteiger partial charge is 0.408 e. The van der Waals surface area contributed by atoms with Gasteiger partial charge < -0.3 is 20.1 Å². The molecule has 30 heavy (non-hydrogen) atoms. The van der Waals surface area contributed by atoms with Gasteiger partial charge in [0.1, 0.15) is 12.1 Å². The van der Waals surface area contributed by atoms with Crippen molar-refractivity contribution in [2.24, 2.45) is 11.8 Å². The Morgan fingerprint density at radius 1 is 0.867 bits per heavy atom. The first kappa shape index (κ1) is 27.8. The fourth-order valence-electron chi connectivity index (χ4n) is 2.93. The van der Waals surface area contributed by atoms with Crippen molar-refractivity contribution < 1.29 is 23.9 Å². The molecule has 2 unspecified atom stereocenters. The summed E-state index contributed by atoms with van der Waals surface area (Å²) in [5.41, 5.74) is 0. The van der Waals surface area contributed by atoms with Crippen molar-refractivity contribution in [3.8, 4) is 12.3 Å². The summed E-state index contributed by atoms with van der Waals surface area (Å²) >= 11 is 0. The van der Waals surface area contributed by atoms with E-state index in [0.29, 0.717) is 19.4 Å². The molecule has 0 heterocycles. The third-order valence-corrected chi connectivity index (χ3v) is 4.40. The summed E-state index contributed by atoms with van der Waals surface area (Å²) in [6.45, 7) is 10.1. The van der Waals surface area contributed by atoms with E-state index in [4.69, 9.17) is 15.9 Å². The van der Waals surface area contributed by atoms with Crippen LogP contribution in [0.4, 0.5) is 4.79 Å². The van der Waals surface area contributed by atoms with E-state index in [2.05, 4.69) is 23.5 Å². The van der Waals surface area contributed by atoms with Gasteiger partial charge in [0.05, 0.1) is 6.61 Å². The first-order chi connectivity index (χ1) is 14.2. The summed E-state index contributed by atoms with van der Waals surface area (Å²) in [4.78, 5) is 37.2. The van der Waals surface area contributed by atoms with Crippen LogP contribution in [0.2, 0.25) is 0 Å². The van der Waals surface area contributed by atoms with E-state index in [9.17, 15) is 14.4 Å². The minimum Gasteiger partial charge on any atom is -0.464 e. The standard InChI is InChI=1S/C23H40N2O5/c1-7-9-10-11-12-14-29-22(27)20(16-18(5)6)24-21(26)19(15-17(3)4)25-23(28)30-13-8-2/h2,17-20H,7,9-16H2,1,3-6H3,(H,24,26)(H,25,28). The lowest BCUT2D eigenvalue weighted by Crippen LogP contribution is -2.52. The number of carbonyl (C=O) groups excluding carboxylic acids is 3. The quantitative estimate of drug-likeness (QED) is 0.237. The van der Waals surface area contributed by atoms with Gasteiger partial charge in [0, 0.05) is 0 Å². The number of terminal acetylenes is 1. The molecule has 2 amide bonds. The van der Waals surface area contributed by atoms with E-state index in [-0.39, 0.29) is 18.4 Å². The third-order valence-electron chi connectivity index (χ3n) is 4.40. The number of unbranched alkanes of at least 4 members (excludes halogenated alkanes) is 4. The second-order valence-electron chi connectivity index (χ2n) is 8.38. The van der Waals surface area contributed by atoms with Gasteiger partial charge in [-0.25, -0.2) is 9.59 Å². The average molecular weight is 425 g/mol. The minimum absolute atomic E-state index is 0.146. The number of hydrogen-bond acceptors (Lipinski definition) is 5. The predicted octanol–water partition coefficient (Wildman–Crippen LogP) is 3.81. The van der Waals surface area contributed by atoms with Gasteiger partial charge in [-0.15, -0.1) is 6.42 Å². The first-order valence-electron chi connectivity index (χ1n) is 11.0. The van der Waals surface area contributed by atoms with Gasteiger partial charge in [-0.3, -0.25) is 4.79 Å². The van der Waals surface area contributed by atoms with Crippen LogP contribution in [0.5, 0.6) is 0 Å². The van der Waals surface area contributed by atoms with Gasteiger partial charge in [0.25, 0.3) is 0 Å². The molecule has 0 spiro atoms. The maximum Gasteiger partial charge on any atom is 0.408 e. The van der Waals surface area contributed by atoms with Crippen LogP contribution in [-0.2, 0) is 19.1 Å². The van der Waals surface area contributed by atoms with Crippen molar-refractivity contribution in [3.63, 3.8) is 0 Å². The molecular weight excluding hydrogens is 384 g/mol. The number of carbonyl (C=O) groups is 3. The molecule has 0 fully saturated rings. The molecule has 0 aliphatic heterocycles. The number of ether oxygens (including phenoxy) is 2. The fraction of sp³-hybridized carbons (Fsp3) is 0.783. The van der Waals surface area contributed by atoms with Crippen LogP contribution in [0.3, 0.4) is 0 Å². The predicted molar refractivity (Wildman–Crippen MR) is 118 cm³/mol. The Morgan fingerprint density at radius 2 is 1.47 bits per heavy atom. The van der Waals surface area contributed by atoms with Crippen LogP contribution in [0, 0.1) is 24.2 Å². The van der Waals surface area contributed by atoms with Gasteiger partial charge in [-0.1, -0.05) is 66.2 Å². The van der Waals surface area contributed by atoms with Crippen LogP contribution in [0.15, 0.2) is 0 Å². The molecule has 0 bridgehead atoms. The Kier molecular flexibility index (Phi) is 15.3. The molecule has 172 valence electrons. The van der Waals surface area contributed by atoms with E-state index in [0.717, 1.165) is 25.7 Å². The van der Waals surface area contributed by atoms with Gasteiger partial charge >= 0.3 is 12.1 Å². The van der Waals surface area contributed by atoms with Gasteiger partial charge in [-0.05, 0) is 31.1 Å². The molecule has 2 N–H and O–H groups in total. The largest absolute Gasteiger partial charge is 0.464 e. The lowest BCUT2D eigenvalue weighted by atomic mass is 10.0. The highest BCUT2D eigenvalue weighted by Gasteiger charge is 2.29. The van der Waals surface area contributed by atoms with Crippen LogP contribution in [-0.4, -0.2) is 43.3 Å². The van der Waals surface area contributed by atoms with Crippen LogP contribution < -0.4 is 10.6 Å². The molecule has 2 atom stereocenters. The van der Waals surface area contributed by atoms with Crippen molar-refractivity contribution in [1.29, 1.82) is 0 Å². The SMILES string of the molecule is C#CCOC(=O)NC(CC(C)C)C(=O)NC(CC(C)C)C(=O)OCCCCCCC. The van der Waals surface area contributed by atoms with Crippen molar-refractivity contribution in [1.82, 2.24) is 10.6 Å². The monoisotopic (exact) mass is 424 g/mol. The van der Waals surface area contributed by atoms with E-state index in [1.54, 1.807) is 0 Å². The normalized spacial score (nSPS) is 12.7. The lowest BCUT2D eigenvalue weighted by molar-refractivity contribution is -0.148. The number of hydrogen-bond donors (Lipinski definition) is 2. The average Bonchev–Trinajstić information content (AvgIpc) is 2.67. The zero-order chi connectivity index (χ0) is 22.9. The summed E-state index contributed by atoms with van der Waals surface area (Å²) in [5, 5.41) is 5.28. The zero-order valence-electron chi connectivity index (χ0n) is 19.3. The fourth-order valence-corrected chi connectivity index (χ4v) is 2.93. The Hall–Kier alpha value is -2.23. The summed E-state index contributed by atoms with van der Waals surface area (Å²) in [5.74, 6) is 1.65. The molecule has 0 aromatic carbocycles. The highest BCUT2D eigenvalue weighted by Crippen LogP contribution is 2.11. The van der Waals surface area contributed by atoms with Gasteiger partial charge in [0.15, 0.2) is 6.61 Å². The molecule has 0 saturated carbocycles. The third kappa shape index (κ3) is 13.9. The summed E-state index contributed by atoms with van der Waals surface area (Å²) in [6, 6.07) is -1.59. The highest BCUT2D eigenvalue weighted by atomic mass is 16.5. The van der Waals surface area contributed by atoms with E-state index >= 15 is 0 Å². The summed E-state index contributed by atoms with van der Waals surface area (Å²) in [7, 11) is 0. The van der Waals surface area contributed by atoms with Crippen LogP contribution >= 0.6 is 0 Å². The van der Waals surface area contributed by atoms with Gasteiger partial charge in [0.2, 0.25) is 5.91 Å². The first-order valence-corrected chi connectivity index (χ1v) is 11.0. The number of alkyl carbamates (subject to hydrolysis) is 1. The maximum atomic E-state index is 12.8. The lowest BCUT2D eigenvalue weighted by Gasteiger charge is -2.24. The second-order valence-corrected chi connectivity index (χ2v) is 8.38. The topological polar surface area (TPSA) is 93.7 Å². The summed E-state index contributed by atoms with van der Waals surface area (Å²) < 4.78 is 10.2. The molecule has 0 aromatic rings. The maximum absolute atomic E-state index is 12.8. The van der Waals surface area contributed by atoms with Crippen molar-refractivity contribution in [3.05, 3.63) is 0 Å². The highest BCUT2D eigenvalue weighted by molar-refractivity contribution is 5.89. The summed E-state index contributed by atoms with van der Waals surface area (Å²) in [6.07, 6.45) is 10.5. The van der Waals surface area contributed by atoms with Crippen molar-refractivity contribution >= 4 is 18.0 Å². The van der Waals surface area contributed by atoms with Crippen LogP contribution in [0.25, 0.3) is 0 Å². The Bertz CT molecular complexity index is 554. The van der Waals surface area contributed by atoms with Crippen LogP contribution in [0.1, 0.15) is 79.6 Å². The second kappa shape index (κ2) is 16.6.